The van der Waals surface area contributed by atoms with Crippen molar-refractivity contribution in [2.75, 3.05) is 31.2 Å². The SMILES string of the molecule is C#CCCCN(CCCC#C)c1ccc(N=Nc2ccc([N+](=O)[O-])cc2OCCOC(=O)Cn2c3ccccc3c3ccccc32)cc1. The minimum Gasteiger partial charge on any atom is -0.487 e. The average molecular weight is 642 g/mol. The molecule has 0 aliphatic rings. The van der Waals surface area contributed by atoms with Gasteiger partial charge in [0.2, 0.25) is 0 Å². The van der Waals surface area contributed by atoms with E-state index in [1.807, 2.05) is 77.4 Å². The Hall–Kier alpha value is -6.13. The number of nitro benzene ring substituents is 1. The molecule has 10 heteroatoms. The van der Waals surface area contributed by atoms with Gasteiger partial charge in [0.15, 0.2) is 5.75 Å². The van der Waals surface area contributed by atoms with E-state index in [2.05, 4.69) is 27.0 Å². The number of azo groups is 1. The van der Waals surface area contributed by atoms with Crippen LogP contribution in [0.3, 0.4) is 0 Å². The van der Waals surface area contributed by atoms with Crippen LogP contribution in [-0.2, 0) is 16.1 Å². The fourth-order valence-corrected chi connectivity index (χ4v) is 5.43. The number of non-ortho nitro benzene ring substituents is 1. The molecular formula is C38H35N5O5. The lowest BCUT2D eigenvalue weighted by Crippen LogP contribution is -2.25. The van der Waals surface area contributed by atoms with E-state index in [0.717, 1.165) is 53.4 Å². The second-order valence-electron chi connectivity index (χ2n) is 10.9. The van der Waals surface area contributed by atoms with Crippen molar-refractivity contribution in [3.8, 4) is 30.4 Å². The quantitative estimate of drug-likeness (QED) is 0.0267. The lowest BCUT2D eigenvalue weighted by Gasteiger charge is -2.24. The van der Waals surface area contributed by atoms with E-state index in [-0.39, 0.29) is 31.2 Å². The molecule has 1 heterocycles. The van der Waals surface area contributed by atoms with Crippen molar-refractivity contribution in [1.82, 2.24) is 4.57 Å². The van der Waals surface area contributed by atoms with Gasteiger partial charge in [-0.05, 0) is 55.3 Å². The summed E-state index contributed by atoms with van der Waals surface area (Å²) in [6, 6.07) is 27.5. The highest BCUT2D eigenvalue weighted by Gasteiger charge is 2.15. The summed E-state index contributed by atoms with van der Waals surface area (Å²) in [5.74, 6) is 5.08. The van der Waals surface area contributed by atoms with Gasteiger partial charge in [-0.3, -0.25) is 14.9 Å². The van der Waals surface area contributed by atoms with E-state index in [1.165, 1.54) is 18.2 Å². The van der Waals surface area contributed by atoms with Crippen LogP contribution < -0.4 is 9.64 Å². The van der Waals surface area contributed by atoms with Gasteiger partial charge in [0, 0.05) is 59.5 Å². The van der Waals surface area contributed by atoms with Crippen LogP contribution in [0.4, 0.5) is 22.7 Å². The number of ether oxygens (including phenoxy) is 2. The van der Waals surface area contributed by atoms with Crippen LogP contribution in [0.15, 0.2) is 101 Å². The molecule has 5 aromatic rings. The summed E-state index contributed by atoms with van der Waals surface area (Å²) in [6.07, 6.45) is 14.0. The zero-order valence-corrected chi connectivity index (χ0v) is 26.5. The first-order valence-corrected chi connectivity index (χ1v) is 15.6. The Kier molecular flexibility index (Phi) is 11.4. The van der Waals surface area contributed by atoms with Crippen molar-refractivity contribution in [3.63, 3.8) is 0 Å². The Bertz CT molecular complexity index is 1930. The minimum absolute atomic E-state index is 0.0245. The number of anilines is 1. The number of rotatable bonds is 16. The van der Waals surface area contributed by atoms with Crippen molar-refractivity contribution in [1.29, 1.82) is 0 Å². The van der Waals surface area contributed by atoms with E-state index in [0.29, 0.717) is 24.2 Å². The predicted octanol–water partition coefficient (Wildman–Crippen LogP) is 8.37. The second-order valence-corrected chi connectivity index (χ2v) is 10.9. The maximum atomic E-state index is 12.8. The number of fused-ring (bicyclic) bond motifs is 3. The maximum Gasteiger partial charge on any atom is 0.326 e. The average Bonchev–Trinajstić information content (AvgIpc) is 3.42. The molecule has 0 spiro atoms. The fraction of sp³-hybridized carbons (Fsp3) is 0.237. The number of nitro groups is 1. The Morgan fingerprint density at radius 2 is 1.46 bits per heavy atom. The number of unbranched alkanes of at least 4 members (excludes halogenated alkanes) is 2. The van der Waals surface area contributed by atoms with Crippen LogP contribution in [0.5, 0.6) is 5.75 Å². The lowest BCUT2D eigenvalue weighted by molar-refractivity contribution is -0.384. The lowest BCUT2D eigenvalue weighted by atomic mass is 10.2. The zero-order chi connectivity index (χ0) is 33.7. The van der Waals surface area contributed by atoms with Gasteiger partial charge in [-0.2, -0.15) is 5.11 Å². The second kappa shape index (κ2) is 16.4. The largest absolute Gasteiger partial charge is 0.487 e. The molecular weight excluding hydrogens is 606 g/mol. The summed E-state index contributed by atoms with van der Waals surface area (Å²) < 4.78 is 13.2. The molecule has 1 aromatic heterocycles. The van der Waals surface area contributed by atoms with Crippen LogP contribution in [0, 0.1) is 34.8 Å². The van der Waals surface area contributed by atoms with Crippen molar-refractivity contribution in [2.45, 2.75) is 32.2 Å². The maximum absolute atomic E-state index is 12.8. The molecule has 0 aliphatic carbocycles. The molecule has 0 N–H and O–H groups in total. The third-order valence-electron chi connectivity index (χ3n) is 7.71. The number of carbonyl (C=O) groups is 1. The van der Waals surface area contributed by atoms with Gasteiger partial charge in [-0.1, -0.05) is 36.4 Å². The van der Waals surface area contributed by atoms with E-state index in [4.69, 9.17) is 22.3 Å². The first-order valence-electron chi connectivity index (χ1n) is 15.6. The molecule has 0 atom stereocenters. The van der Waals surface area contributed by atoms with Crippen molar-refractivity contribution < 1.29 is 19.2 Å². The molecule has 0 bridgehead atoms. The van der Waals surface area contributed by atoms with Crippen LogP contribution in [-0.4, -0.2) is 41.8 Å². The number of carbonyl (C=O) groups excluding carboxylic acids is 1. The number of para-hydroxylation sites is 2. The van der Waals surface area contributed by atoms with Gasteiger partial charge in [-0.25, -0.2) is 0 Å². The number of hydrogen-bond donors (Lipinski definition) is 0. The van der Waals surface area contributed by atoms with Gasteiger partial charge in [0.25, 0.3) is 5.69 Å². The Balaban J connectivity index is 1.22. The van der Waals surface area contributed by atoms with Gasteiger partial charge < -0.3 is 18.9 Å². The smallest absolute Gasteiger partial charge is 0.326 e. The molecule has 0 saturated heterocycles. The molecule has 0 radical (unpaired) electrons. The summed E-state index contributed by atoms with van der Waals surface area (Å²) in [7, 11) is 0. The van der Waals surface area contributed by atoms with E-state index in [1.54, 1.807) is 0 Å². The number of benzene rings is 4. The number of esters is 1. The molecule has 48 heavy (non-hydrogen) atoms. The Labute approximate surface area is 279 Å². The van der Waals surface area contributed by atoms with E-state index in [9.17, 15) is 14.9 Å². The molecule has 0 fully saturated rings. The normalized spacial score (nSPS) is 11.0. The summed E-state index contributed by atoms with van der Waals surface area (Å²) in [6.45, 7) is 1.56. The first kappa shape index (κ1) is 33.2. The molecule has 242 valence electrons. The van der Waals surface area contributed by atoms with Gasteiger partial charge in [0.1, 0.15) is 25.4 Å². The van der Waals surface area contributed by atoms with Crippen LogP contribution in [0.2, 0.25) is 0 Å². The molecule has 4 aromatic carbocycles. The number of aromatic nitrogens is 1. The van der Waals surface area contributed by atoms with Crippen LogP contribution in [0.1, 0.15) is 25.7 Å². The van der Waals surface area contributed by atoms with Crippen molar-refractivity contribution >= 4 is 50.5 Å². The van der Waals surface area contributed by atoms with Gasteiger partial charge in [0.05, 0.1) is 16.7 Å². The predicted molar refractivity (Wildman–Crippen MR) is 188 cm³/mol. The number of hydrogen-bond acceptors (Lipinski definition) is 8. The molecule has 0 unspecified atom stereocenters. The van der Waals surface area contributed by atoms with Crippen molar-refractivity contribution in [3.05, 3.63) is 101 Å². The fourth-order valence-electron chi connectivity index (χ4n) is 5.43. The molecule has 10 nitrogen and oxygen atoms in total. The standard InChI is InChI=1S/C38H35N5O5/c1-3-5-11-23-41(24-12-6-4-2)30-19-17-29(18-20-30)39-40-34-22-21-31(43(45)46)27-37(34)47-25-26-48-38(44)28-42-35-15-9-7-13-32(35)33-14-8-10-16-36(33)42/h1-2,7-10,13-22,27H,5-6,11-12,23-26,28H2. The van der Waals surface area contributed by atoms with Crippen molar-refractivity contribution in [2.24, 2.45) is 10.2 Å². The molecule has 0 saturated carbocycles. The molecule has 5 rings (SSSR count). The third-order valence-corrected chi connectivity index (χ3v) is 7.71. The zero-order valence-electron chi connectivity index (χ0n) is 26.5. The highest BCUT2D eigenvalue weighted by Crippen LogP contribution is 2.33. The monoisotopic (exact) mass is 641 g/mol. The number of terminal acetylenes is 2. The highest BCUT2D eigenvalue weighted by atomic mass is 16.6. The summed E-state index contributed by atoms with van der Waals surface area (Å²) in [5.41, 5.74) is 3.62. The highest BCUT2D eigenvalue weighted by molar-refractivity contribution is 6.08. The minimum atomic E-state index is -0.517. The third kappa shape index (κ3) is 8.36. The van der Waals surface area contributed by atoms with Crippen LogP contribution >= 0.6 is 0 Å². The Morgan fingerprint density at radius 3 is 2.06 bits per heavy atom. The summed E-state index contributed by atoms with van der Waals surface area (Å²) in [4.78, 5) is 26.0. The topological polar surface area (TPSA) is 112 Å². The number of nitrogens with zero attached hydrogens (tertiary/aromatic N) is 5. The summed E-state index contributed by atoms with van der Waals surface area (Å²) in [5, 5.41) is 22.2. The first-order chi connectivity index (χ1) is 23.5. The molecule has 0 aliphatic heterocycles. The van der Waals surface area contributed by atoms with Gasteiger partial charge >= 0.3 is 5.97 Å². The van der Waals surface area contributed by atoms with E-state index < -0.39 is 10.9 Å². The Morgan fingerprint density at radius 1 is 0.833 bits per heavy atom. The van der Waals surface area contributed by atoms with E-state index >= 15 is 0 Å². The van der Waals surface area contributed by atoms with Gasteiger partial charge in [-0.15, -0.1) is 29.8 Å². The molecule has 0 amide bonds. The summed E-state index contributed by atoms with van der Waals surface area (Å²) >= 11 is 0. The van der Waals surface area contributed by atoms with Crippen LogP contribution in [0.25, 0.3) is 21.8 Å².